The van der Waals surface area contributed by atoms with Crippen LogP contribution in [-0.4, -0.2) is 35.9 Å². The van der Waals surface area contributed by atoms with Crippen LogP contribution < -0.4 is 5.73 Å². The number of hydrogen-bond donors (Lipinski definition) is 2. The van der Waals surface area contributed by atoms with Crippen molar-refractivity contribution in [3.05, 3.63) is 0 Å². The first kappa shape index (κ1) is 18.4. The van der Waals surface area contributed by atoms with E-state index in [1.165, 1.54) is 0 Å². The molecule has 0 aromatic carbocycles. The maximum Gasteiger partial charge on any atom is 0.139 e. The quantitative estimate of drug-likeness (QED) is 0.597. The molecule has 4 saturated carbocycles. The molecule has 26 heavy (non-hydrogen) atoms. The van der Waals surface area contributed by atoms with E-state index in [4.69, 9.17) is 10.6 Å². The van der Waals surface area contributed by atoms with E-state index >= 15 is 0 Å². The third-order valence-electron chi connectivity index (χ3n) is 8.63. The molecule has 0 bridgehead atoms. The molecule has 4 fully saturated rings. The van der Waals surface area contributed by atoms with Gasteiger partial charge in [-0.15, -0.1) is 0 Å². The molecule has 3 N–H and O–H groups in total. The number of Topliss-reactive ketones (excluding diaryl/α,β-unsaturated/α-hetero) is 1. The first-order valence-corrected chi connectivity index (χ1v) is 10.5. The molecule has 0 aromatic rings. The van der Waals surface area contributed by atoms with Crippen LogP contribution in [0.5, 0.6) is 0 Å². The highest BCUT2D eigenvalue weighted by molar-refractivity contribution is 5.87. The fourth-order valence-electron chi connectivity index (χ4n) is 7.07. The van der Waals surface area contributed by atoms with Gasteiger partial charge in [-0.25, -0.2) is 0 Å². The Balaban J connectivity index is 1.56. The molecule has 0 heterocycles. The average Bonchev–Trinajstić information content (AvgIpc) is 2.92. The summed E-state index contributed by atoms with van der Waals surface area (Å²) >= 11 is 0. The third-order valence-corrected chi connectivity index (χ3v) is 8.63. The summed E-state index contributed by atoms with van der Waals surface area (Å²) in [6.45, 7) is 5.56. The highest BCUT2D eigenvalue weighted by atomic mass is 16.6. The largest absolute Gasteiger partial charge is 0.395 e. The van der Waals surface area contributed by atoms with Crippen molar-refractivity contribution in [2.45, 2.75) is 71.3 Å². The molecule has 5 heteroatoms. The summed E-state index contributed by atoms with van der Waals surface area (Å²) in [5, 5.41) is 15.4. The Kier molecular flexibility index (Phi) is 4.67. The molecular weight excluding hydrogens is 328 g/mol. The summed E-state index contributed by atoms with van der Waals surface area (Å²) in [5.74, 6) is 2.12. The fourth-order valence-corrected chi connectivity index (χ4v) is 7.07. The van der Waals surface area contributed by atoms with Crippen LogP contribution in [0.1, 0.15) is 65.2 Å². The smallest absolute Gasteiger partial charge is 0.139 e. The highest BCUT2D eigenvalue weighted by Crippen LogP contribution is 2.65. The number of fused-ring (bicyclic) bond motifs is 5. The molecule has 5 nitrogen and oxygen atoms in total. The molecule has 0 spiro atoms. The molecule has 0 aliphatic heterocycles. The van der Waals surface area contributed by atoms with Crippen LogP contribution in [0, 0.1) is 34.5 Å². The van der Waals surface area contributed by atoms with E-state index in [-0.39, 0.29) is 16.9 Å². The van der Waals surface area contributed by atoms with E-state index in [0.29, 0.717) is 49.0 Å². The van der Waals surface area contributed by atoms with Gasteiger partial charge in [-0.3, -0.25) is 4.79 Å². The Labute approximate surface area is 156 Å². The van der Waals surface area contributed by atoms with Crippen molar-refractivity contribution in [3.8, 4) is 0 Å². The second kappa shape index (κ2) is 6.59. The number of aliphatic hydroxyl groups excluding tert-OH is 1. The summed E-state index contributed by atoms with van der Waals surface area (Å²) in [4.78, 5) is 17.8. The van der Waals surface area contributed by atoms with Crippen molar-refractivity contribution in [3.63, 3.8) is 0 Å². The average molecular weight is 363 g/mol. The number of carbonyl (C=O) groups is 1. The number of aliphatic hydroxyl groups is 1. The van der Waals surface area contributed by atoms with Crippen LogP contribution in [0.3, 0.4) is 0 Å². The van der Waals surface area contributed by atoms with Crippen molar-refractivity contribution in [2.75, 3.05) is 13.2 Å². The van der Waals surface area contributed by atoms with E-state index < -0.39 is 0 Å². The van der Waals surface area contributed by atoms with Gasteiger partial charge in [0.25, 0.3) is 0 Å². The molecule has 4 aliphatic rings. The van der Waals surface area contributed by atoms with E-state index in [1.807, 2.05) is 0 Å². The minimum Gasteiger partial charge on any atom is -0.395 e. The van der Waals surface area contributed by atoms with Gasteiger partial charge < -0.3 is 15.7 Å². The van der Waals surface area contributed by atoms with E-state index in [9.17, 15) is 9.90 Å². The van der Waals surface area contributed by atoms with Crippen LogP contribution in [0.2, 0.25) is 0 Å². The van der Waals surface area contributed by atoms with Crippen molar-refractivity contribution >= 4 is 11.5 Å². The number of nitrogens with two attached hydrogens (primary N) is 1. The maximum absolute atomic E-state index is 12.5. The number of rotatable bonds is 3. The van der Waals surface area contributed by atoms with Crippen LogP contribution >= 0.6 is 0 Å². The zero-order chi connectivity index (χ0) is 18.5. The molecule has 146 valence electrons. The van der Waals surface area contributed by atoms with Gasteiger partial charge in [-0.1, -0.05) is 19.0 Å². The zero-order valence-electron chi connectivity index (χ0n) is 16.2. The molecule has 0 radical (unpaired) electrons. The number of nitrogens with zero attached hydrogens (tertiary/aromatic N) is 1. The van der Waals surface area contributed by atoms with Crippen molar-refractivity contribution < 1.29 is 14.7 Å². The normalized spacial score (nSPS) is 49.5. The Bertz CT molecular complexity index is 606. The molecule has 0 saturated heterocycles. The summed E-state index contributed by atoms with van der Waals surface area (Å²) < 4.78 is 0. The third kappa shape index (κ3) is 2.65. The second-order valence-corrected chi connectivity index (χ2v) is 9.70. The highest BCUT2D eigenvalue weighted by Gasteiger charge is 2.62. The number of carbonyl (C=O) groups excluding carboxylic acids is 1. The van der Waals surface area contributed by atoms with Gasteiger partial charge in [0, 0.05) is 18.4 Å². The standard InChI is InChI=1S/C21H34N2O3/c1-20-7-5-14(23-26-10-9-22)11-13(20)12-17(24)19-15-3-4-18(25)21(15,2)8-6-16(19)20/h13,15-17,19,24H,3-12,22H2,1-2H3/b23-14-/t13?,15-,16-,17+,19-,20-,21-/m0/s1. The lowest BCUT2D eigenvalue weighted by atomic mass is 9.44. The number of oxime groups is 1. The summed E-state index contributed by atoms with van der Waals surface area (Å²) in [6.07, 6.45) is 7.39. The summed E-state index contributed by atoms with van der Waals surface area (Å²) in [5.41, 5.74) is 6.68. The van der Waals surface area contributed by atoms with Gasteiger partial charge in [0.2, 0.25) is 0 Å². The molecule has 4 rings (SSSR count). The lowest BCUT2D eigenvalue weighted by molar-refractivity contribution is -0.158. The van der Waals surface area contributed by atoms with Gasteiger partial charge in [-0.05, 0) is 74.0 Å². The molecule has 4 aliphatic carbocycles. The van der Waals surface area contributed by atoms with Gasteiger partial charge in [0.15, 0.2) is 0 Å². The summed E-state index contributed by atoms with van der Waals surface area (Å²) in [7, 11) is 0. The monoisotopic (exact) mass is 362 g/mol. The molecular formula is C21H34N2O3. The predicted molar refractivity (Wildman–Crippen MR) is 101 cm³/mol. The Morgan fingerprint density at radius 2 is 2.04 bits per heavy atom. The summed E-state index contributed by atoms with van der Waals surface area (Å²) in [6, 6.07) is 0. The fraction of sp³-hybridized carbons (Fsp3) is 0.905. The van der Waals surface area contributed by atoms with E-state index in [1.54, 1.807) is 0 Å². The van der Waals surface area contributed by atoms with Gasteiger partial charge in [-0.2, -0.15) is 0 Å². The lowest BCUT2D eigenvalue weighted by Gasteiger charge is -2.60. The van der Waals surface area contributed by atoms with Crippen LogP contribution in [0.15, 0.2) is 5.16 Å². The molecule has 1 unspecified atom stereocenters. The van der Waals surface area contributed by atoms with Crippen molar-refractivity contribution in [2.24, 2.45) is 45.4 Å². The van der Waals surface area contributed by atoms with Crippen LogP contribution in [-0.2, 0) is 9.63 Å². The lowest BCUT2D eigenvalue weighted by Crippen LogP contribution is -2.58. The molecule has 0 amide bonds. The van der Waals surface area contributed by atoms with Gasteiger partial charge in [0.05, 0.1) is 11.8 Å². The van der Waals surface area contributed by atoms with Crippen molar-refractivity contribution in [1.29, 1.82) is 0 Å². The van der Waals surface area contributed by atoms with E-state index in [0.717, 1.165) is 50.7 Å². The molecule has 0 aromatic heterocycles. The topological polar surface area (TPSA) is 84.9 Å². The number of hydrogen-bond acceptors (Lipinski definition) is 5. The Morgan fingerprint density at radius 1 is 1.23 bits per heavy atom. The van der Waals surface area contributed by atoms with Crippen LogP contribution in [0.4, 0.5) is 0 Å². The molecule has 7 atom stereocenters. The first-order valence-electron chi connectivity index (χ1n) is 10.5. The minimum atomic E-state index is -0.280. The first-order chi connectivity index (χ1) is 12.4. The van der Waals surface area contributed by atoms with Gasteiger partial charge >= 0.3 is 0 Å². The van der Waals surface area contributed by atoms with E-state index in [2.05, 4.69) is 19.0 Å². The number of ketones is 1. The second-order valence-electron chi connectivity index (χ2n) is 9.70. The Hall–Kier alpha value is -0.940. The predicted octanol–water partition coefficient (Wildman–Crippen LogP) is 2.90. The zero-order valence-corrected chi connectivity index (χ0v) is 16.2. The SMILES string of the molecule is C[C@]12CC/C(=N/OCCN)CC1C[C@@H](O)[C@@H]1[C@@H]2CC[C@]2(C)C(=O)CC[C@@H]12. The Morgan fingerprint density at radius 3 is 2.81 bits per heavy atom. The van der Waals surface area contributed by atoms with Crippen molar-refractivity contribution in [1.82, 2.24) is 0 Å². The minimum absolute atomic E-state index is 0.178. The van der Waals surface area contributed by atoms with Gasteiger partial charge in [0.1, 0.15) is 12.4 Å². The maximum atomic E-state index is 12.5. The van der Waals surface area contributed by atoms with Crippen LogP contribution in [0.25, 0.3) is 0 Å².